The van der Waals surface area contributed by atoms with Crippen molar-refractivity contribution in [1.29, 1.82) is 0 Å². The van der Waals surface area contributed by atoms with Crippen molar-refractivity contribution in [2.75, 3.05) is 6.54 Å². The predicted octanol–water partition coefficient (Wildman–Crippen LogP) is 2.03. The average Bonchev–Trinajstić information content (AvgIpc) is 2.34. The molecule has 0 aliphatic heterocycles. The molecule has 0 atom stereocenters. The van der Waals surface area contributed by atoms with Crippen LogP contribution in [0.15, 0.2) is 23.1 Å². The van der Waals surface area contributed by atoms with Crippen LogP contribution >= 0.6 is 0 Å². The van der Waals surface area contributed by atoms with E-state index in [9.17, 15) is 12.8 Å². The summed E-state index contributed by atoms with van der Waals surface area (Å²) in [7, 11) is -3.82. The van der Waals surface area contributed by atoms with Crippen molar-refractivity contribution >= 4 is 10.0 Å². The molecule has 0 saturated carbocycles. The van der Waals surface area contributed by atoms with Crippen molar-refractivity contribution in [2.24, 2.45) is 5.92 Å². The number of hydrogen-bond donors (Lipinski definition) is 2. The Labute approximate surface area is 113 Å². The first-order valence-electron chi connectivity index (χ1n) is 6.25. The minimum absolute atomic E-state index is 0.293. The summed E-state index contributed by atoms with van der Waals surface area (Å²) in [6, 6.07) is 3.60. The number of aliphatic hydroxyl groups is 1. The Morgan fingerprint density at radius 3 is 2.58 bits per heavy atom. The highest BCUT2D eigenvalue weighted by molar-refractivity contribution is 7.89. The molecule has 1 aromatic carbocycles. The monoisotopic (exact) mass is 289 g/mol. The van der Waals surface area contributed by atoms with Gasteiger partial charge >= 0.3 is 0 Å². The highest BCUT2D eigenvalue weighted by Gasteiger charge is 2.18. The summed E-state index contributed by atoms with van der Waals surface area (Å²) in [6.07, 6.45) is 1.63. The Hall–Kier alpha value is -0.980. The molecular weight excluding hydrogens is 269 g/mol. The number of rotatable bonds is 7. The molecule has 0 aromatic heterocycles. The van der Waals surface area contributed by atoms with Crippen molar-refractivity contribution in [3.8, 4) is 0 Å². The first kappa shape index (κ1) is 16.1. The van der Waals surface area contributed by atoms with Crippen LogP contribution < -0.4 is 4.72 Å². The van der Waals surface area contributed by atoms with Gasteiger partial charge in [-0.2, -0.15) is 0 Å². The minimum Gasteiger partial charge on any atom is -0.392 e. The molecule has 0 unspecified atom stereocenters. The number of sulfonamides is 1. The van der Waals surface area contributed by atoms with Crippen LogP contribution in [0.2, 0.25) is 0 Å². The van der Waals surface area contributed by atoms with E-state index in [1.165, 1.54) is 12.1 Å². The van der Waals surface area contributed by atoms with Crippen molar-refractivity contribution < 1.29 is 17.9 Å². The smallest absolute Gasteiger partial charge is 0.243 e. The van der Waals surface area contributed by atoms with Crippen molar-refractivity contribution in [1.82, 2.24) is 4.72 Å². The van der Waals surface area contributed by atoms with Gasteiger partial charge in [-0.3, -0.25) is 0 Å². The molecule has 0 aliphatic rings. The topological polar surface area (TPSA) is 66.4 Å². The second kappa shape index (κ2) is 6.98. The quantitative estimate of drug-likeness (QED) is 0.755. The van der Waals surface area contributed by atoms with Crippen LogP contribution in [0, 0.1) is 11.7 Å². The van der Waals surface area contributed by atoms with Gasteiger partial charge in [-0.25, -0.2) is 17.5 Å². The summed E-state index contributed by atoms with van der Waals surface area (Å²) in [5, 5.41) is 8.85. The second-order valence-corrected chi connectivity index (χ2v) is 6.59. The van der Waals surface area contributed by atoms with Gasteiger partial charge in [0.1, 0.15) is 10.7 Å². The fourth-order valence-electron chi connectivity index (χ4n) is 1.66. The zero-order valence-corrected chi connectivity index (χ0v) is 12.0. The summed E-state index contributed by atoms with van der Waals surface area (Å²) in [5.41, 5.74) is 0.344. The third kappa shape index (κ3) is 4.89. The number of benzene rings is 1. The maximum Gasteiger partial charge on any atom is 0.243 e. The summed E-state index contributed by atoms with van der Waals surface area (Å²) in [4.78, 5) is -0.380. The van der Waals surface area contributed by atoms with Gasteiger partial charge in [-0.1, -0.05) is 19.9 Å². The highest BCUT2D eigenvalue weighted by atomic mass is 32.2. The molecule has 0 fully saturated rings. The minimum atomic E-state index is -3.82. The predicted molar refractivity (Wildman–Crippen MR) is 71.6 cm³/mol. The molecule has 0 amide bonds. The summed E-state index contributed by atoms with van der Waals surface area (Å²) < 4.78 is 39.8. The van der Waals surface area contributed by atoms with Gasteiger partial charge in [0, 0.05) is 6.54 Å². The van der Waals surface area contributed by atoms with Crippen LogP contribution in [0.25, 0.3) is 0 Å². The molecule has 1 rings (SSSR count). The Morgan fingerprint density at radius 2 is 2.05 bits per heavy atom. The van der Waals surface area contributed by atoms with Gasteiger partial charge in [0.15, 0.2) is 0 Å². The van der Waals surface area contributed by atoms with E-state index in [1.54, 1.807) is 0 Å². The van der Waals surface area contributed by atoms with Crippen LogP contribution in [0.4, 0.5) is 4.39 Å². The lowest BCUT2D eigenvalue weighted by Gasteiger charge is -2.09. The maximum atomic E-state index is 13.6. The van der Waals surface area contributed by atoms with E-state index in [0.717, 1.165) is 12.5 Å². The molecule has 0 saturated heterocycles. The molecule has 19 heavy (non-hydrogen) atoms. The molecule has 0 bridgehead atoms. The van der Waals surface area contributed by atoms with Crippen molar-refractivity contribution in [3.05, 3.63) is 29.6 Å². The van der Waals surface area contributed by atoms with Gasteiger partial charge in [0.25, 0.3) is 0 Å². The zero-order chi connectivity index (χ0) is 14.5. The second-order valence-electron chi connectivity index (χ2n) is 4.86. The number of nitrogens with one attached hydrogen (secondary N) is 1. The molecule has 0 radical (unpaired) electrons. The Kier molecular flexibility index (Phi) is 5.90. The Balaban J connectivity index is 2.72. The van der Waals surface area contributed by atoms with Crippen LogP contribution in [0.3, 0.4) is 0 Å². The zero-order valence-electron chi connectivity index (χ0n) is 11.2. The van der Waals surface area contributed by atoms with E-state index in [2.05, 4.69) is 18.6 Å². The molecule has 0 heterocycles. The standard InChI is InChI=1S/C13H20FNO3S/c1-10(2)4-3-7-15-19(17,18)13-6-5-11(9-16)8-12(13)14/h5-6,8,10,15-16H,3-4,7,9H2,1-2H3. The van der Waals surface area contributed by atoms with Gasteiger partial charge in [0.2, 0.25) is 10.0 Å². The van der Waals surface area contributed by atoms with Crippen molar-refractivity contribution in [2.45, 2.75) is 38.2 Å². The van der Waals surface area contributed by atoms with Crippen LogP contribution in [0.5, 0.6) is 0 Å². The van der Waals surface area contributed by atoms with Crippen LogP contribution in [-0.2, 0) is 16.6 Å². The lowest BCUT2D eigenvalue weighted by molar-refractivity contribution is 0.281. The van der Waals surface area contributed by atoms with E-state index < -0.39 is 15.8 Å². The normalized spacial score (nSPS) is 12.1. The fourth-order valence-corrected chi connectivity index (χ4v) is 2.79. The third-order valence-electron chi connectivity index (χ3n) is 2.72. The largest absolute Gasteiger partial charge is 0.392 e. The number of hydrogen-bond acceptors (Lipinski definition) is 3. The lowest BCUT2D eigenvalue weighted by atomic mass is 10.1. The third-order valence-corrected chi connectivity index (χ3v) is 4.21. The van der Waals surface area contributed by atoms with E-state index in [1.807, 2.05) is 0 Å². The summed E-state index contributed by atoms with van der Waals surface area (Å²) in [6.45, 7) is 4.09. The fraction of sp³-hybridized carbons (Fsp3) is 0.538. The van der Waals surface area contributed by atoms with E-state index >= 15 is 0 Å². The lowest BCUT2D eigenvalue weighted by Crippen LogP contribution is -2.26. The van der Waals surface area contributed by atoms with Gasteiger partial charge in [0.05, 0.1) is 6.61 Å². The first-order valence-corrected chi connectivity index (χ1v) is 7.74. The number of aliphatic hydroxyl groups excluding tert-OH is 1. The molecule has 1 aromatic rings. The van der Waals surface area contributed by atoms with Crippen LogP contribution in [0.1, 0.15) is 32.3 Å². The molecule has 0 spiro atoms. The SMILES string of the molecule is CC(C)CCCNS(=O)(=O)c1ccc(CO)cc1F. The molecule has 2 N–H and O–H groups in total. The van der Waals surface area contributed by atoms with Crippen LogP contribution in [-0.4, -0.2) is 20.1 Å². The Morgan fingerprint density at radius 1 is 1.37 bits per heavy atom. The molecule has 4 nitrogen and oxygen atoms in total. The first-order chi connectivity index (χ1) is 8.86. The average molecular weight is 289 g/mol. The Bertz CT molecular complexity index is 515. The molecule has 108 valence electrons. The van der Waals surface area contributed by atoms with Gasteiger partial charge < -0.3 is 5.11 Å². The van der Waals surface area contributed by atoms with Gasteiger partial charge in [-0.05, 0) is 36.5 Å². The van der Waals surface area contributed by atoms with Crippen molar-refractivity contribution in [3.63, 3.8) is 0 Å². The molecule has 6 heteroatoms. The van der Waals surface area contributed by atoms with E-state index in [0.29, 0.717) is 24.4 Å². The van der Waals surface area contributed by atoms with Gasteiger partial charge in [-0.15, -0.1) is 0 Å². The number of halogens is 1. The summed E-state index contributed by atoms with van der Waals surface area (Å²) >= 11 is 0. The highest BCUT2D eigenvalue weighted by Crippen LogP contribution is 2.16. The molecule has 0 aliphatic carbocycles. The van der Waals surface area contributed by atoms with E-state index in [-0.39, 0.29) is 11.5 Å². The van der Waals surface area contributed by atoms with E-state index in [4.69, 9.17) is 5.11 Å². The summed E-state index contributed by atoms with van der Waals surface area (Å²) in [5.74, 6) is -0.340. The molecular formula is C13H20FNO3S. The maximum absolute atomic E-state index is 13.6.